The highest BCUT2D eigenvalue weighted by molar-refractivity contribution is 7.98. The third-order valence-electron chi connectivity index (χ3n) is 5.44. The smallest absolute Gasteiger partial charge is 0.416 e. The van der Waals surface area contributed by atoms with Gasteiger partial charge in [-0.1, -0.05) is 36.4 Å². The van der Waals surface area contributed by atoms with E-state index in [1.807, 2.05) is 36.4 Å². The molecule has 0 heterocycles. The zero-order valence-electron chi connectivity index (χ0n) is 17.1. The zero-order chi connectivity index (χ0) is 22.7. The van der Waals surface area contributed by atoms with Gasteiger partial charge in [-0.2, -0.15) is 13.2 Å². The number of benzene rings is 3. The number of alkyl halides is 3. The first-order valence-corrected chi connectivity index (χ1v) is 11.2. The summed E-state index contributed by atoms with van der Waals surface area (Å²) in [5, 5.41) is 8.85. The summed E-state index contributed by atoms with van der Waals surface area (Å²) in [6.07, 6.45) is -1.46. The van der Waals surface area contributed by atoms with Crippen LogP contribution in [0.5, 0.6) is 5.75 Å². The summed E-state index contributed by atoms with van der Waals surface area (Å²) in [7, 11) is 0. The van der Waals surface area contributed by atoms with E-state index >= 15 is 0 Å². The highest BCUT2D eigenvalue weighted by Gasteiger charge is 2.30. The topological polar surface area (TPSA) is 46.5 Å². The molecule has 3 nitrogen and oxygen atoms in total. The Kier molecular flexibility index (Phi) is 6.46. The molecule has 1 N–H and O–H groups in total. The highest BCUT2D eigenvalue weighted by Crippen LogP contribution is 2.39. The maximum absolute atomic E-state index is 12.7. The Labute approximate surface area is 188 Å². The summed E-state index contributed by atoms with van der Waals surface area (Å²) in [5.41, 5.74) is 4.42. The quantitative estimate of drug-likeness (QED) is 0.405. The van der Waals surface area contributed by atoms with Crippen LogP contribution < -0.4 is 4.74 Å². The number of halogens is 3. The van der Waals surface area contributed by atoms with Crippen molar-refractivity contribution < 1.29 is 27.8 Å². The lowest BCUT2D eigenvalue weighted by Crippen LogP contribution is -2.10. The van der Waals surface area contributed by atoms with Crippen LogP contribution in [0.3, 0.4) is 0 Å². The zero-order valence-corrected chi connectivity index (χ0v) is 17.9. The summed E-state index contributed by atoms with van der Waals surface area (Å²) in [6, 6.07) is 16.8. The molecule has 0 fully saturated rings. The van der Waals surface area contributed by atoms with Crippen molar-refractivity contribution in [1.29, 1.82) is 0 Å². The number of fused-ring (bicyclic) bond motifs is 1. The molecule has 0 saturated heterocycles. The van der Waals surface area contributed by atoms with Gasteiger partial charge in [0.15, 0.2) is 6.61 Å². The van der Waals surface area contributed by atoms with Crippen LogP contribution in [0, 0.1) is 0 Å². The monoisotopic (exact) mass is 458 g/mol. The Bertz CT molecular complexity index is 1110. The van der Waals surface area contributed by atoms with Crippen molar-refractivity contribution in [3.05, 3.63) is 82.9 Å². The first kappa shape index (κ1) is 22.3. The molecule has 3 aromatic carbocycles. The summed E-state index contributed by atoms with van der Waals surface area (Å²) in [5.74, 6) is 0.426. The van der Waals surface area contributed by atoms with Crippen LogP contribution in [0.1, 0.15) is 28.7 Å². The lowest BCUT2D eigenvalue weighted by Gasteiger charge is -2.13. The molecule has 0 unspecified atom stereocenters. The average Bonchev–Trinajstić information content (AvgIpc) is 3.27. The Balaban J connectivity index is 1.43. The molecule has 1 aliphatic carbocycles. The fourth-order valence-corrected chi connectivity index (χ4v) is 4.93. The molecule has 0 aromatic heterocycles. The molecule has 0 bridgehead atoms. The van der Waals surface area contributed by atoms with E-state index in [0.29, 0.717) is 5.75 Å². The van der Waals surface area contributed by atoms with E-state index < -0.39 is 17.7 Å². The molecular formula is C25H21F3O3S. The van der Waals surface area contributed by atoms with Gasteiger partial charge in [-0.25, -0.2) is 4.79 Å². The summed E-state index contributed by atoms with van der Waals surface area (Å²) in [4.78, 5) is 12.0. The number of carboxylic acids is 1. The SMILES string of the molecule is O=C(O)COc1ccc(SCc2ccc(-c3ccc(C(F)(F)F)cc3)cc2)c2c1CCC2. The van der Waals surface area contributed by atoms with Gasteiger partial charge in [-0.05, 0) is 71.3 Å². The minimum absolute atomic E-state index is 0.343. The summed E-state index contributed by atoms with van der Waals surface area (Å²) < 4.78 is 43.7. The van der Waals surface area contributed by atoms with Crippen LogP contribution in [-0.4, -0.2) is 17.7 Å². The van der Waals surface area contributed by atoms with Gasteiger partial charge in [-0.15, -0.1) is 11.8 Å². The summed E-state index contributed by atoms with van der Waals surface area (Å²) >= 11 is 1.72. The number of aliphatic carboxylic acids is 1. The third kappa shape index (κ3) is 5.10. The van der Waals surface area contributed by atoms with Gasteiger partial charge in [0.2, 0.25) is 0 Å². The van der Waals surface area contributed by atoms with Crippen molar-refractivity contribution in [2.75, 3.05) is 6.61 Å². The van der Waals surface area contributed by atoms with E-state index in [9.17, 15) is 18.0 Å². The number of carboxylic acid groups (broad SMARTS) is 1. The lowest BCUT2D eigenvalue weighted by molar-refractivity contribution is -0.139. The predicted octanol–water partition coefficient (Wildman–Crippen LogP) is 6.62. The van der Waals surface area contributed by atoms with Gasteiger partial charge in [-0.3, -0.25) is 0 Å². The second-order valence-corrected chi connectivity index (χ2v) is 8.63. The van der Waals surface area contributed by atoms with E-state index in [2.05, 4.69) is 0 Å². The molecule has 166 valence electrons. The normalized spacial score (nSPS) is 13.1. The van der Waals surface area contributed by atoms with Gasteiger partial charge >= 0.3 is 12.1 Å². The maximum atomic E-state index is 12.7. The predicted molar refractivity (Wildman–Crippen MR) is 118 cm³/mol. The van der Waals surface area contributed by atoms with Gasteiger partial charge in [0.1, 0.15) is 5.75 Å². The molecule has 0 aliphatic heterocycles. The Morgan fingerprint density at radius 3 is 2.16 bits per heavy atom. The molecule has 0 radical (unpaired) electrons. The minimum Gasteiger partial charge on any atom is -0.482 e. The van der Waals surface area contributed by atoms with Crippen LogP contribution in [0.4, 0.5) is 13.2 Å². The van der Waals surface area contributed by atoms with E-state index in [1.165, 1.54) is 22.6 Å². The molecule has 0 saturated carbocycles. The second kappa shape index (κ2) is 9.28. The van der Waals surface area contributed by atoms with Crippen LogP contribution >= 0.6 is 11.8 Å². The number of carbonyl (C=O) groups is 1. The van der Waals surface area contributed by atoms with Crippen molar-refractivity contribution >= 4 is 17.7 Å². The number of hydrogen-bond acceptors (Lipinski definition) is 3. The van der Waals surface area contributed by atoms with Crippen LogP contribution in [0.15, 0.2) is 65.6 Å². The van der Waals surface area contributed by atoms with Crippen LogP contribution in [-0.2, 0) is 29.6 Å². The van der Waals surface area contributed by atoms with Crippen molar-refractivity contribution in [2.45, 2.75) is 36.1 Å². The molecule has 1 aliphatic rings. The number of ether oxygens (including phenoxy) is 1. The van der Waals surface area contributed by atoms with Crippen LogP contribution in [0.2, 0.25) is 0 Å². The number of rotatable bonds is 7. The Morgan fingerprint density at radius 1 is 0.906 bits per heavy atom. The van der Waals surface area contributed by atoms with E-state index in [4.69, 9.17) is 9.84 Å². The van der Waals surface area contributed by atoms with Crippen LogP contribution in [0.25, 0.3) is 11.1 Å². The lowest BCUT2D eigenvalue weighted by atomic mass is 10.0. The van der Waals surface area contributed by atoms with Crippen molar-refractivity contribution in [3.63, 3.8) is 0 Å². The van der Waals surface area contributed by atoms with Gasteiger partial charge in [0, 0.05) is 10.6 Å². The van der Waals surface area contributed by atoms with Crippen molar-refractivity contribution in [1.82, 2.24) is 0 Å². The largest absolute Gasteiger partial charge is 0.482 e. The van der Waals surface area contributed by atoms with Gasteiger partial charge in [0.05, 0.1) is 5.56 Å². The minimum atomic E-state index is -4.33. The fourth-order valence-electron chi connectivity index (χ4n) is 3.86. The first-order chi connectivity index (χ1) is 15.3. The molecule has 0 atom stereocenters. The van der Waals surface area contributed by atoms with E-state index in [1.54, 1.807) is 11.8 Å². The molecule has 32 heavy (non-hydrogen) atoms. The Morgan fingerprint density at radius 2 is 1.53 bits per heavy atom. The van der Waals surface area contributed by atoms with Gasteiger partial charge < -0.3 is 9.84 Å². The molecule has 3 aromatic rings. The summed E-state index contributed by atoms with van der Waals surface area (Å²) in [6.45, 7) is -0.343. The molecule has 4 rings (SSSR count). The molecular weight excluding hydrogens is 437 g/mol. The third-order valence-corrected chi connectivity index (χ3v) is 6.61. The fraction of sp³-hybridized carbons (Fsp3) is 0.240. The maximum Gasteiger partial charge on any atom is 0.416 e. The Hall–Kier alpha value is -2.93. The number of thioether (sulfide) groups is 1. The molecule has 7 heteroatoms. The van der Waals surface area contributed by atoms with Crippen molar-refractivity contribution in [2.24, 2.45) is 0 Å². The molecule has 0 amide bonds. The standard InChI is InChI=1S/C25H21F3O3S/c26-25(27,28)19-10-8-18(9-11-19)17-6-4-16(5-7-17)15-32-23-13-12-22(31-14-24(29)30)20-2-1-3-21(20)23/h4-13H,1-3,14-15H2,(H,29,30). The van der Waals surface area contributed by atoms with Gasteiger partial charge in [0.25, 0.3) is 0 Å². The average molecular weight is 459 g/mol. The second-order valence-electron chi connectivity index (χ2n) is 7.62. The number of hydrogen-bond donors (Lipinski definition) is 1. The van der Waals surface area contributed by atoms with E-state index in [0.717, 1.165) is 59.4 Å². The first-order valence-electron chi connectivity index (χ1n) is 10.2. The van der Waals surface area contributed by atoms with Crippen molar-refractivity contribution in [3.8, 4) is 16.9 Å². The highest BCUT2D eigenvalue weighted by atomic mass is 32.2. The molecule has 0 spiro atoms. The van der Waals surface area contributed by atoms with E-state index in [-0.39, 0.29) is 6.61 Å².